The minimum absolute atomic E-state index is 0.224. The van der Waals surface area contributed by atoms with E-state index in [2.05, 4.69) is 5.32 Å². The zero-order valence-corrected chi connectivity index (χ0v) is 11.3. The van der Waals surface area contributed by atoms with Gasteiger partial charge in [-0.1, -0.05) is 19.1 Å². The average molecular weight is 274 g/mol. The molecule has 0 radical (unpaired) electrons. The van der Waals surface area contributed by atoms with Crippen LogP contribution >= 0.6 is 11.3 Å². The van der Waals surface area contributed by atoms with Gasteiger partial charge in [0.25, 0.3) is 11.8 Å². The Morgan fingerprint density at radius 2 is 1.95 bits per heavy atom. The second kappa shape index (κ2) is 5.67. The van der Waals surface area contributed by atoms with Crippen molar-refractivity contribution in [3.8, 4) is 0 Å². The van der Waals surface area contributed by atoms with E-state index in [9.17, 15) is 9.59 Å². The highest BCUT2D eigenvalue weighted by Crippen LogP contribution is 2.20. The van der Waals surface area contributed by atoms with E-state index in [1.165, 1.54) is 11.3 Å². The Balaban J connectivity index is 2.21. The van der Waals surface area contributed by atoms with Crippen LogP contribution in [0.15, 0.2) is 36.4 Å². The second-order valence-corrected chi connectivity index (χ2v) is 5.15. The molecule has 0 spiro atoms. The predicted molar refractivity (Wildman–Crippen MR) is 76.6 cm³/mol. The van der Waals surface area contributed by atoms with Gasteiger partial charge < -0.3 is 11.1 Å². The molecule has 5 heteroatoms. The number of carbonyl (C=O) groups excluding carboxylic acids is 2. The minimum atomic E-state index is -0.559. The molecular weight excluding hydrogens is 260 g/mol. The third-order valence-corrected chi connectivity index (χ3v) is 3.90. The summed E-state index contributed by atoms with van der Waals surface area (Å²) in [6.45, 7) is 2.04. The molecule has 0 saturated heterocycles. The molecule has 0 bridgehead atoms. The quantitative estimate of drug-likeness (QED) is 0.899. The van der Waals surface area contributed by atoms with Crippen molar-refractivity contribution in [2.24, 2.45) is 5.73 Å². The summed E-state index contributed by atoms with van der Waals surface area (Å²) in [5.41, 5.74) is 6.01. The lowest BCUT2D eigenvalue weighted by Gasteiger charge is -2.07. The van der Waals surface area contributed by atoms with Crippen LogP contribution in [0.1, 0.15) is 31.8 Å². The van der Waals surface area contributed by atoms with Gasteiger partial charge in [-0.2, -0.15) is 0 Å². The van der Waals surface area contributed by atoms with Gasteiger partial charge in [-0.05, 0) is 30.7 Å². The molecule has 19 heavy (non-hydrogen) atoms. The maximum Gasteiger partial charge on any atom is 0.265 e. The van der Waals surface area contributed by atoms with E-state index < -0.39 is 5.91 Å². The second-order valence-electron chi connectivity index (χ2n) is 3.98. The zero-order valence-electron chi connectivity index (χ0n) is 10.5. The summed E-state index contributed by atoms with van der Waals surface area (Å²) in [4.78, 5) is 25.1. The summed E-state index contributed by atoms with van der Waals surface area (Å²) in [6, 6.07) is 10.4. The molecule has 3 N–H and O–H groups in total. The van der Waals surface area contributed by atoms with Crippen LogP contribution < -0.4 is 11.1 Å². The maximum atomic E-state index is 12.1. The van der Waals surface area contributed by atoms with Gasteiger partial charge in [0, 0.05) is 4.88 Å². The molecule has 1 aromatic heterocycles. The molecule has 0 saturated carbocycles. The molecular formula is C14H14N2O2S. The van der Waals surface area contributed by atoms with Crippen LogP contribution in [0.3, 0.4) is 0 Å². The van der Waals surface area contributed by atoms with Gasteiger partial charge in [-0.3, -0.25) is 9.59 Å². The van der Waals surface area contributed by atoms with E-state index in [1.54, 1.807) is 30.3 Å². The van der Waals surface area contributed by atoms with Crippen molar-refractivity contribution in [2.45, 2.75) is 13.3 Å². The Bertz CT molecular complexity index is 619. The van der Waals surface area contributed by atoms with Crippen molar-refractivity contribution in [2.75, 3.05) is 5.32 Å². The summed E-state index contributed by atoms with van der Waals surface area (Å²) >= 11 is 1.45. The first kappa shape index (κ1) is 13.3. The highest BCUT2D eigenvalue weighted by Gasteiger charge is 2.13. The van der Waals surface area contributed by atoms with Gasteiger partial charge in [0.2, 0.25) is 0 Å². The van der Waals surface area contributed by atoms with Crippen molar-refractivity contribution in [1.82, 2.24) is 0 Å². The topological polar surface area (TPSA) is 72.2 Å². The zero-order chi connectivity index (χ0) is 13.8. The van der Waals surface area contributed by atoms with Gasteiger partial charge in [-0.25, -0.2) is 0 Å². The fraction of sp³-hybridized carbons (Fsp3) is 0.143. The first-order valence-corrected chi connectivity index (χ1v) is 6.72. The van der Waals surface area contributed by atoms with E-state index in [0.29, 0.717) is 16.1 Å². The first-order chi connectivity index (χ1) is 9.11. The fourth-order valence-electron chi connectivity index (χ4n) is 1.68. The average Bonchev–Trinajstić information content (AvgIpc) is 2.88. The van der Waals surface area contributed by atoms with E-state index in [0.717, 1.165) is 11.3 Å². The van der Waals surface area contributed by atoms with Gasteiger partial charge >= 0.3 is 0 Å². The Morgan fingerprint density at radius 3 is 2.58 bits per heavy atom. The van der Waals surface area contributed by atoms with Crippen LogP contribution in [0.2, 0.25) is 0 Å². The van der Waals surface area contributed by atoms with Gasteiger partial charge in [0.15, 0.2) is 0 Å². The van der Waals surface area contributed by atoms with Gasteiger partial charge in [0.1, 0.15) is 0 Å². The summed E-state index contributed by atoms with van der Waals surface area (Å²) in [5, 5.41) is 2.72. The molecule has 4 nitrogen and oxygen atoms in total. The van der Waals surface area contributed by atoms with Crippen LogP contribution in [-0.4, -0.2) is 11.8 Å². The number of anilines is 1. The van der Waals surface area contributed by atoms with E-state index >= 15 is 0 Å². The molecule has 1 aromatic carbocycles. The number of carbonyl (C=O) groups is 2. The van der Waals surface area contributed by atoms with Crippen molar-refractivity contribution in [3.63, 3.8) is 0 Å². The van der Waals surface area contributed by atoms with Crippen molar-refractivity contribution < 1.29 is 9.59 Å². The SMILES string of the molecule is CCc1ccc(C(=O)Nc2ccccc2C(N)=O)s1. The summed E-state index contributed by atoms with van der Waals surface area (Å²) in [5.74, 6) is -0.783. The summed E-state index contributed by atoms with van der Waals surface area (Å²) in [7, 11) is 0. The number of benzene rings is 1. The van der Waals surface area contributed by atoms with Crippen LogP contribution in [0.4, 0.5) is 5.69 Å². The third-order valence-electron chi connectivity index (χ3n) is 2.67. The molecule has 0 atom stereocenters. The number of primary amides is 1. The van der Waals surface area contributed by atoms with Crippen molar-refractivity contribution >= 4 is 28.8 Å². The molecule has 1 heterocycles. The molecule has 0 unspecified atom stereocenters. The Morgan fingerprint density at radius 1 is 1.21 bits per heavy atom. The Labute approximate surface area is 115 Å². The monoisotopic (exact) mass is 274 g/mol. The number of thiophene rings is 1. The largest absolute Gasteiger partial charge is 0.366 e. The van der Waals surface area contributed by atoms with Gasteiger partial charge in [0.05, 0.1) is 16.1 Å². The lowest BCUT2D eigenvalue weighted by atomic mass is 10.1. The fourth-order valence-corrected chi connectivity index (χ4v) is 2.52. The molecule has 2 aromatic rings. The lowest BCUT2D eigenvalue weighted by molar-refractivity contribution is 0.100. The number of nitrogens with one attached hydrogen (secondary N) is 1. The molecule has 0 aliphatic carbocycles. The highest BCUT2D eigenvalue weighted by molar-refractivity contribution is 7.14. The van der Waals surface area contributed by atoms with Crippen LogP contribution in [0.25, 0.3) is 0 Å². The number of hydrogen-bond acceptors (Lipinski definition) is 3. The normalized spacial score (nSPS) is 10.2. The first-order valence-electron chi connectivity index (χ1n) is 5.90. The minimum Gasteiger partial charge on any atom is -0.366 e. The standard InChI is InChI=1S/C14H14N2O2S/c1-2-9-7-8-12(19-9)14(18)16-11-6-4-3-5-10(11)13(15)17/h3-8H,2H2,1H3,(H2,15,17)(H,16,18). The molecule has 0 aliphatic rings. The smallest absolute Gasteiger partial charge is 0.265 e. The van der Waals surface area contributed by atoms with Crippen LogP contribution in [0, 0.1) is 0 Å². The molecule has 2 rings (SSSR count). The van der Waals surface area contributed by atoms with Crippen LogP contribution in [0.5, 0.6) is 0 Å². The maximum absolute atomic E-state index is 12.1. The van der Waals surface area contributed by atoms with Gasteiger partial charge in [-0.15, -0.1) is 11.3 Å². The third kappa shape index (κ3) is 3.00. The number of para-hydroxylation sites is 1. The Hall–Kier alpha value is -2.14. The summed E-state index contributed by atoms with van der Waals surface area (Å²) < 4.78 is 0. The molecule has 2 amide bonds. The highest BCUT2D eigenvalue weighted by atomic mass is 32.1. The van der Waals surface area contributed by atoms with E-state index in [-0.39, 0.29) is 5.91 Å². The van der Waals surface area contributed by atoms with Crippen LogP contribution in [-0.2, 0) is 6.42 Å². The number of aryl methyl sites for hydroxylation is 1. The molecule has 0 fully saturated rings. The number of nitrogens with two attached hydrogens (primary N) is 1. The van der Waals surface area contributed by atoms with E-state index in [4.69, 9.17) is 5.73 Å². The predicted octanol–water partition coefficient (Wildman–Crippen LogP) is 2.66. The lowest BCUT2D eigenvalue weighted by Crippen LogP contribution is -2.17. The number of hydrogen-bond donors (Lipinski definition) is 2. The summed E-state index contributed by atoms with van der Waals surface area (Å²) in [6.07, 6.45) is 0.899. The van der Waals surface area contributed by atoms with Crippen molar-refractivity contribution in [3.05, 3.63) is 51.7 Å². The van der Waals surface area contributed by atoms with Crippen molar-refractivity contribution in [1.29, 1.82) is 0 Å². The molecule has 0 aliphatic heterocycles. The molecule has 98 valence electrons. The number of rotatable bonds is 4. The van der Waals surface area contributed by atoms with E-state index in [1.807, 2.05) is 13.0 Å². The number of amides is 2. The Kier molecular flexibility index (Phi) is 3.97.